The van der Waals surface area contributed by atoms with Crippen LogP contribution in [-0.2, 0) is 9.59 Å². The highest BCUT2D eigenvalue weighted by atomic mass is 19.3. The number of rotatable bonds is 7. The second-order valence-corrected chi connectivity index (χ2v) is 4.14. The Morgan fingerprint density at radius 1 is 1.33 bits per heavy atom. The van der Waals surface area contributed by atoms with Gasteiger partial charge in [-0.05, 0) is 17.7 Å². The molecule has 0 spiro atoms. The minimum Gasteiger partial charge on any atom is -0.493 e. The fraction of sp³-hybridized carbons (Fsp3) is 0.385. The number of carboxylic acid groups (broad SMARTS) is 1. The molecule has 0 bridgehead atoms. The smallest absolute Gasteiger partial charge is 0.387 e. The van der Waals surface area contributed by atoms with E-state index in [1.54, 1.807) is 0 Å². The normalized spacial score (nSPS) is 11.9. The van der Waals surface area contributed by atoms with Crippen LogP contribution in [-0.4, -0.2) is 30.7 Å². The van der Waals surface area contributed by atoms with Crippen molar-refractivity contribution in [3.8, 4) is 11.5 Å². The zero-order chi connectivity index (χ0) is 16.0. The standard InChI is InChI=1S/C13H15F2NO5/c1-7(17)16-9(6-12(18)19)8-3-4-10(20-2)11(5-8)21-13(14)15/h3-5,9,13H,6H2,1-2H3,(H,16,17)(H,18,19)/t9-/m0/s1. The highest BCUT2D eigenvalue weighted by molar-refractivity contribution is 5.75. The molecule has 6 nitrogen and oxygen atoms in total. The lowest BCUT2D eigenvalue weighted by molar-refractivity contribution is -0.137. The molecule has 1 aromatic carbocycles. The molecule has 0 radical (unpaired) electrons. The van der Waals surface area contributed by atoms with E-state index in [9.17, 15) is 18.4 Å². The number of carbonyl (C=O) groups excluding carboxylic acids is 1. The molecule has 1 atom stereocenters. The van der Waals surface area contributed by atoms with Gasteiger partial charge in [-0.15, -0.1) is 0 Å². The number of hydrogen-bond donors (Lipinski definition) is 2. The van der Waals surface area contributed by atoms with E-state index in [1.165, 1.54) is 32.2 Å². The van der Waals surface area contributed by atoms with Crippen LogP contribution in [0.4, 0.5) is 8.78 Å². The first kappa shape index (κ1) is 16.7. The van der Waals surface area contributed by atoms with Gasteiger partial charge in [0.15, 0.2) is 11.5 Å². The first-order chi connectivity index (χ1) is 9.83. The molecule has 2 N–H and O–H groups in total. The predicted molar refractivity (Wildman–Crippen MR) is 68.4 cm³/mol. The largest absolute Gasteiger partial charge is 0.493 e. The molecule has 1 aromatic rings. The molecular formula is C13H15F2NO5. The van der Waals surface area contributed by atoms with Crippen LogP contribution in [0.5, 0.6) is 11.5 Å². The maximum absolute atomic E-state index is 12.3. The molecule has 116 valence electrons. The van der Waals surface area contributed by atoms with E-state index in [1.807, 2.05) is 0 Å². The number of hydrogen-bond acceptors (Lipinski definition) is 4. The average molecular weight is 303 g/mol. The molecule has 0 aliphatic rings. The van der Waals surface area contributed by atoms with E-state index in [0.717, 1.165) is 0 Å². The van der Waals surface area contributed by atoms with Crippen molar-refractivity contribution in [1.82, 2.24) is 5.32 Å². The molecule has 0 aliphatic carbocycles. The lowest BCUT2D eigenvalue weighted by Crippen LogP contribution is -2.28. The summed E-state index contributed by atoms with van der Waals surface area (Å²) in [4.78, 5) is 21.9. The molecule has 1 amide bonds. The summed E-state index contributed by atoms with van der Waals surface area (Å²) in [6, 6.07) is 3.20. The summed E-state index contributed by atoms with van der Waals surface area (Å²) in [5.74, 6) is -1.73. The second-order valence-electron chi connectivity index (χ2n) is 4.14. The Morgan fingerprint density at radius 2 is 2.00 bits per heavy atom. The third kappa shape index (κ3) is 5.25. The topological polar surface area (TPSA) is 84.9 Å². The Labute approximate surface area is 119 Å². The molecule has 21 heavy (non-hydrogen) atoms. The van der Waals surface area contributed by atoms with Crippen molar-refractivity contribution in [3.63, 3.8) is 0 Å². The molecule has 0 saturated carbocycles. The summed E-state index contributed by atoms with van der Waals surface area (Å²) in [5.41, 5.74) is 0.323. The summed E-state index contributed by atoms with van der Waals surface area (Å²) in [7, 11) is 1.29. The lowest BCUT2D eigenvalue weighted by Gasteiger charge is -2.18. The van der Waals surface area contributed by atoms with Gasteiger partial charge in [0, 0.05) is 6.92 Å². The number of alkyl halides is 2. The summed E-state index contributed by atoms with van der Waals surface area (Å²) in [6.45, 7) is -1.82. The number of ether oxygens (including phenoxy) is 2. The van der Waals surface area contributed by atoms with Crippen molar-refractivity contribution in [2.45, 2.75) is 26.0 Å². The second kappa shape index (κ2) is 7.41. The number of nitrogens with one attached hydrogen (secondary N) is 1. The fourth-order valence-electron chi connectivity index (χ4n) is 1.77. The molecule has 0 saturated heterocycles. The third-order valence-electron chi connectivity index (χ3n) is 2.56. The van der Waals surface area contributed by atoms with Gasteiger partial charge in [-0.25, -0.2) is 0 Å². The predicted octanol–water partition coefficient (Wildman–Crippen LogP) is 1.95. The van der Waals surface area contributed by atoms with Gasteiger partial charge in [0.05, 0.1) is 19.6 Å². The van der Waals surface area contributed by atoms with Crippen LogP contribution in [0.2, 0.25) is 0 Å². The van der Waals surface area contributed by atoms with E-state index < -0.39 is 24.5 Å². The zero-order valence-electron chi connectivity index (χ0n) is 11.4. The van der Waals surface area contributed by atoms with Crippen LogP contribution >= 0.6 is 0 Å². The molecule has 0 fully saturated rings. The van der Waals surface area contributed by atoms with Crippen molar-refractivity contribution in [2.24, 2.45) is 0 Å². The molecule has 0 aliphatic heterocycles. The Bertz CT molecular complexity index is 505. The van der Waals surface area contributed by atoms with E-state index in [-0.39, 0.29) is 17.9 Å². The van der Waals surface area contributed by atoms with Crippen LogP contribution in [0, 0.1) is 0 Å². The first-order valence-corrected chi connectivity index (χ1v) is 5.95. The quantitative estimate of drug-likeness (QED) is 0.804. The monoisotopic (exact) mass is 303 g/mol. The number of aliphatic carboxylic acids is 1. The Morgan fingerprint density at radius 3 is 2.48 bits per heavy atom. The van der Waals surface area contributed by atoms with Gasteiger partial charge >= 0.3 is 12.6 Å². The Hall–Kier alpha value is -2.38. The Kier molecular flexibility index (Phi) is 5.89. The molecular weight excluding hydrogens is 288 g/mol. The molecule has 0 heterocycles. The minimum atomic E-state index is -3.05. The molecule has 0 aromatic heterocycles. The van der Waals surface area contributed by atoms with Gasteiger partial charge < -0.3 is 19.9 Å². The summed E-state index contributed by atoms with van der Waals surface area (Å²) in [6.07, 6.45) is -0.389. The van der Waals surface area contributed by atoms with Crippen LogP contribution in [0.15, 0.2) is 18.2 Å². The number of benzene rings is 1. The van der Waals surface area contributed by atoms with E-state index in [2.05, 4.69) is 10.1 Å². The van der Waals surface area contributed by atoms with Crippen LogP contribution in [0.1, 0.15) is 24.9 Å². The van der Waals surface area contributed by atoms with E-state index in [4.69, 9.17) is 9.84 Å². The van der Waals surface area contributed by atoms with Gasteiger partial charge in [0.25, 0.3) is 0 Å². The van der Waals surface area contributed by atoms with Gasteiger partial charge in [-0.1, -0.05) is 6.07 Å². The highest BCUT2D eigenvalue weighted by Crippen LogP contribution is 2.32. The van der Waals surface area contributed by atoms with Crippen molar-refractivity contribution in [1.29, 1.82) is 0 Å². The third-order valence-corrected chi connectivity index (χ3v) is 2.56. The molecule has 0 unspecified atom stereocenters. The maximum Gasteiger partial charge on any atom is 0.387 e. The highest BCUT2D eigenvalue weighted by Gasteiger charge is 2.19. The van der Waals surface area contributed by atoms with Gasteiger partial charge in [-0.2, -0.15) is 8.78 Å². The number of carbonyl (C=O) groups is 2. The SMILES string of the molecule is COc1ccc([C@H](CC(=O)O)NC(C)=O)cc1OC(F)F. The number of carboxylic acids is 1. The summed E-state index contributed by atoms with van der Waals surface area (Å²) >= 11 is 0. The lowest BCUT2D eigenvalue weighted by atomic mass is 10.0. The Balaban J connectivity index is 3.12. The van der Waals surface area contributed by atoms with Crippen molar-refractivity contribution in [2.75, 3.05) is 7.11 Å². The number of amides is 1. The van der Waals surface area contributed by atoms with Crippen molar-refractivity contribution in [3.05, 3.63) is 23.8 Å². The number of methoxy groups -OCH3 is 1. The van der Waals surface area contributed by atoms with Crippen LogP contribution in [0.25, 0.3) is 0 Å². The summed E-state index contributed by atoms with van der Waals surface area (Å²) < 4.78 is 33.9. The first-order valence-electron chi connectivity index (χ1n) is 5.95. The maximum atomic E-state index is 12.3. The zero-order valence-corrected chi connectivity index (χ0v) is 11.4. The van der Waals surface area contributed by atoms with E-state index >= 15 is 0 Å². The molecule has 1 rings (SSSR count). The minimum absolute atomic E-state index is 0.0796. The number of halogens is 2. The van der Waals surface area contributed by atoms with Crippen LogP contribution < -0.4 is 14.8 Å². The average Bonchev–Trinajstić information content (AvgIpc) is 2.36. The fourth-order valence-corrected chi connectivity index (χ4v) is 1.77. The summed E-state index contributed by atoms with van der Waals surface area (Å²) in [5, 5.41) is 11.3. The van der Waals surface area contributed by atoms with Gasteiger partial charge in [0.2, 0.25) is 5.91 Å². The van der Waals surface area contributed by atoms with Crippen LogP contribution in [0.3, 0.4) is 0 Å². The van der Waals surface area contributed by atoms with Gasteiger partial charge in [0.1, 0.15) is 0 Å². The molecule has 8 heteroatoms. The van der Waals surface area contributed by atoms with Crippen molar-refractivity contribution >= 4 is 11.9 Å². The van der Waals surface area contributed by atoms with Gasteiger partial charge in [-0.3, -0.25) is 9.59 Å². The van der Waals surface area contributed by atoms with Crippen molar-refractivity contribution < 1.29 is 33.0 Å². The van der Waals surface area contributed by atoms with E-state index in [0.29, 0.717) is 5.56 Å².